The van der Waals surface area contributed by atoms with Crippen molar-refractivity contribution < 1.29 is 4.74 Å². The summed E-state index contributed by atoms with van der Waals surface area (Å²) in [6, 6.07) is 0.711. The molecule has 1 spiro atoms. The van der Waals surface area contributed by atoms with Crippen LogP contribution in [-0.4, -0.2) is 35.3 Å². The molecule has 3 fully saturated rings. The topological polar surface area (TPSA) is 21.3 Å². The van der Waals surface area contributed by atoms with Gasteiger partial charge in [0.25, 0.3) is 0 Å². The van der Waals surface area contributed by atoms with Gasteiger partial charge in [0.05, 0.1) is 5.60 Å². The Bertz CT molecular complexity index is 264. The average Bonchev–Trinajstić information content (AvgIpc) is 2.72. The van der Waals surface area contributed by atoms with Crippen LogP contribution in [0, 0.1) is 0 Å². The molecule has 2 aliphatic heterocycles. The second-order valence-corrected chi connectivity index (χ2v) is 7.26. The Balaban J connectivity index is 1.60. The Morgan fingerprint density at radius 2 is 2.24 bits per heavy atom. The molecule has 1 saturated carbocycles. The lowest BCUT2D eigenvalue weighted by molar-refractivity contribution is -0.0764. The van der Waals surface area contributed by atoms with E-state index in [2.05, 4.69) is 24.0 Å². The maximum Gasteiger partial charge on any atom is 0.0795 e. The highest BCUT2D eigenvalue weighted by Crippen LogP contribution is 2.41. The summed E-state index contributed by atoms with van der Waals surface area (Å²) in [7, 11) is 0. The highest BCUT2D eigenvalue weighted by atomic mass is 32.2. The Morgan fingerprint density at radius 3 is 2.82 bits per heavy atom. The molecular weight excluding hydrogens is 230 g/mol. The smallest absolute Gasteiger partial charge is 0.0795 e. The van der Waals surface area contributed by atoms with Crippen molar-refractivity contribution in [2.45, 2.75) is 69.1 Å². The molecule has 0 amide bonds. The monoisotopic (exact) mass is 255 g/mol. The van der Waals surface area contributed by atoms with Gasteiger partial charge in [-0.3, -0.25) is 0 Å². The molecule has 17 heavy (non-hydrogen) atoms. The van der Waals surface area contributed by atoms with Crippen LogP contribution in [0.2, 0.25) is 0 Å². The zero-order valence-corrected chi connectivity index (χ0v) is 11.8. The van der Waals surface area contributed by atoms with Crippen LogP contribution >= 0.6 is 11.8 Å². The van der Waals surface area contributed by atoms with Crippen LogP contribution in [0.5, 0.6) is 0 Å². The molecule has 1 aliphatic carbocycles. The van der Waals surface area contributed by atoms with Gasteiger partial charge in [0.15, 0.2) is 0 Å². The van der Waals surface area contributed by atoms with Gasteiger partial charge < -0.3 is 10.1 Å². The summed E-state index contributed by atoms with van der Waals surface area (Å²) in [4.78, 5) is 0. The summed E-state index contributed by atoms with van der Waals surface area (Å²) in [5.74, 6) is 2.52. The summed E-state index contributed by atoms with van der Waals surface area (Å²) in [6.07, 6.45) is 9.24. The van der Waals surface area contributed by atoms with E-state index in [0.29, 0.717) is 11.6 Å². The van der Waals surface area contributed by atoms with Gasteiger partial charge in [0.2, 0.25) is 0 Å². The molecule has 0 bridgehead atoms. The molecule has 3 rings (SSSR count). The molecular formula is C14H25NOS. The van der Waals surface area contributed by atoms with E-state index in [1.54, 1.807) is 0 Å². The molecule has 0 aromatic carbocycles. The first-order chi connectivity index (χ1) is 8.26. The SMILES string of the molecule is CCC1(NC2CCOC3(CCSC3)C2)CCC1. The van der Waals surface area contributed by atoms with Crippen molar-refractivity contribution in [3.05, 3.63) is 0 Å². The lowest BCUT2D eigenvalue weighted by Crippen LogP contribution is -2.58. The molecule has 2 heterocycles. The fourth-order valence-electron chi connectivity index (χ4n) is 3.65. The molecule has 2 nitrogen and oxygen atoms in total. The third-order valence-corrected chi connectivity index (χ3v) is 6.28. The third kappa shape index (κ3) is 2.39. The maximum absolute atomic E-state index is 6.10. The second-order valence-electron chi connectivity index (χ2n) is 6.16. The van der Waals surface area contributed by atoms with Crippen molar-refractivity contribution in [1.82, 2.24) is 5.32 Å². The number of thioether (sulfide) groups is 1. The molecule has 3 aliphatic rings. The van der Waals surface area contributed by atoms with E-state index < -0.39 is 0 Å². The summed E-state index contributed by atoms with van der Waals surface area (Å²) in [6.45, 7) is 3.31. The first-order valence-corrected chi connectivity index (χ1v) is 8.41. The van der Waals surface area contributed by atoms with E-state index in [-0.39, 0.29) is 5.60 Å². The van der Waals surface area contributed by atoms with Crippen LogP contribution in [0.25, 0.3) is 0 Å². The van der Waals surface area contributed by atoms with E-state index in [9.17, 15) is 0 Å². The first kappa shape index (κ1) is 12.3. The van der Waals surface area contributed by atoms with Crippen LogP contribution in [0.1, 0.15) is 51.9 Å². The van der Waals surface area contributed by atoms with Crippen LogP contribution in [0.4, 0.5) is 0 Å². The first-order valence-electron chi connectivity index (χ1n) is 7.25. The van der Waals surface area contributed by atoms with Crippen molar-refractivity contribution in [3.63, 3.8) is 0 Å². The minimum absolute atomic E-state index is 0.235. The van der Waals surface area contributed by atoms with Crippen molar-refractivity contribution in [2.24, 2.45) is 0 Å². The summed E-state index contributed by atoms with van der Waals surface area (Å²) in [5, 5.41) is 3.98. The van der Waals surface area contributed by atoms with Crippen LogP contribution < -0.4 is 5.32 Å². The summed E-state index contributed by atoms with van der Waals surface area (Å²) < 4.78 is 6.10. The molecule has 2 unspecified atom stereocenters. The zero-order valence-electron chi connectivity index (χ0n) is 11.0. The summed E-state index contributed by atoms with van der Waals surface area (Å²) in [5.41, 5.74) is 0.730. The quantitative estimate of drug-likeness (QED) is 0.838. The molecule has 0 aromatic heterocycles. The molecule has 2 saturated heterocycles. The standard InChI is InChI=1S/C14H25NOS/c1-2-13(5-3-6-13)15-12-4-8-16-14(10-12)7-9-17-11-14/h12,15H,2-11H2,1H3. The Labute approximate surface area is 109 Å². The predicted molar refractivity (Wildman–Crippen MR) is 73.7 cm³/mol. The van der Waals surface area contributed by atoms with Gasteiger partial charge in [-0.25, -0.2) is 0 Å². The van der Waals surface area contributed by atoms with Gasteiger partial charge >= 0.3 is 0 Å². The lowest BCUT2D eigenvalue weighted by Gasteiger charge is -2.48. The van der Waals surface area contributed by atoms with Crippen LogP contribution in [-0.2, 0) is 4.74 Å². The second kappa shape index (κ2) is 4.75. The Hall–Kier alpha value is 0.270. The normalized spacial score (nSPS) is 40.4. The number of nitrogens with one attached hydrogen (secondary N) is 1. The van der Waals surface area contributed by atoms with E-state index in [1.165, 1.54) is 56.5 Å². The van der Waals surface area contributed by atoms with Gasteiger partial charge in [-0.15, -0.1) is 0 Å². The molecule has 3 heteroatoms. The third-order valence-electron chi connectivity index (χ3n) is 5.06. The average molecular weight is 255 g/mol. The van der Waals surface area contributed by atoms with Crippen molar-refractivity contribution in [3.8, 4) is 0 Å². The highest BCUT2D eigenvalue weighted by Gasteiger charge is 2.43. The minimum atomic E-state index is 0.235. The minimum Gasteiger partial charge on any atom is -0.374 e. The van der Waals surface area contributed by atoms with Crippen LogP contribution in [0.15, 0.2) is 0 Å². The number of ether oxygens (including phenoxy) is 1. The van der Waals surface area contributed by atoms with Gasteiger partial charge in [0, 0.05) is 23.9 Å². The van der Waals surface area contributed by atoms with E-state index in [1.807, 2.05) is 0 Å². The molecule has 98 valence electrons. The Morgan fingerprint density at radius 1 is 1.35 bits per heavy atom. The number of hydrogen-bond donors (Lipinski definition) is 1. The zero-order chi connectivity index (χ0) is 11.8. The molecule has 0 aromatic rings. The number of rotatable bonds is 3. The van der Waals surface area contributed by atoms with Gasteiger partial charge in [-0.05, 0) is 50.7 Å². The molecule has 1 N–H and O–H groups in total. The summed E-state index contributed by atoms with van der Waals surface area (Å²) >= 11 is 2.07. The van der Waals surface area contributed by atoms with Crippen molar-refractivity contribution >= 4 is 11.8 Å². The van der Waals surface area contributed by atoms with E-state index in [0.717, 1.165) is 6.61 Å². The Kier molecular flexibility index (Phi) is 3.44. The fraction of sp³-hybridized carbons (Fsp3) is 1.00. The van der Waals surface area contributed by atoms with Gasteiger partial charge in [-0.1, -0.05) is 6.92 Å². The maximum atomic E-state index is 6.10. The van der Waals surface area contributed by atoms with Crippen LogP contribution in [0.3, 0.4) is 0 Å². The molecule has 0 radical (unpaired) electrons. The highest BCUT2D eigenvalue weighted by molar-refractivity contribution is 7.99. The van der Waals surface area contributed by atoms with E-state index in [4.69, 9.17) is 4.74 Å². The number of hydrogen-bond acceptors (Lipinski definition) is 3. The largest absolute Gasteiger partial charge is 0.374 e. The molecule has 2 atom stereocenters. The van der Waals surface area contributed by atoms with Gasteiger partial charge in [-0.2, -0.15) is 11.8 Å². The lowest BCUT2D eigenvalue weighted by atomic mass is 9.73. The fourth-order valence-corrected chi connectivity index (χ4v) is 5.03. The van der Waals surface area contributed by atoms with Crippen molar-refractivity contribution in [2.75, 3.05) is 18.1 Å². The predicted octanol–water partition coefficient (Wildman–Crippen LogP) is 2.96. The van der Waals surface area contributed by atoms with Gasteiger partial charge in [0.1, 0.15) is 0 Å². The van der Waals surface area contributed by atoms with E-state index >= 15 is 0 Å². The van der Waals surface area contributed by atoms with Crippen molar-refractivity contribution in [1.29, 1.82) is 0 Å².